The van der Waals surface area contributed by atoms with Crippen molar-refractivity contribution in [3.63, 3.8) is 0 Å². The molecule has 3 rings (SSSR count). The monoisotopic (exact) mass is 312 g/mol. The van der Waals surface area contributed by atoms with Crippen molar-refractivity contribution in [1.29, 1.82) is 0 Å². The van der Waals surface area contributed by atoms with Crippen LogP contribution in [0.1, 0.15) is 16.1 Å². The minimum absolute atomic E-state index is 0.0261. The average Bonchev–Trinajstić information content (AvgIpc) is 3.09. The molecule has 1 aromatic carbocycles. The third-order valence-electron chi connectivity index (χ3n) is 3.20. The lowest BCUT2D eigenvalue weighted by molar-refractivity contribution is 0.0955. The second-order valence-electron chi connectivity index (χ2n) is 4.77. The van der Waals surface area contributed by atoms with Crippen LogP contribution in [-0.4, -0.2) is 24.0 Å². The number of aromatic nitrogens is 1. The molecule has 0 saturated carbocycles. The van der Waals surface area contributed by atoms with Crippen LogP contribution in [-0.2, 0) is 0 Å². The topological polar surface area (TPSA) is 51.2 Å². The van der Waals surface area contributed by atoms with Crippen molar-refractivity contribution in [2.24, 2.45) is 0 Å². The predicted molar refractivity (Wildman–Crippen MR) is 88.5 cm³/mol. The maximum Gasteiger partial charge on any atom is 0.261 e. The number of hydrogen-bond donors (Lipinski definition) is 1. The number of amides is 1. The summed E-state index contributed by atoms with van der Waals surface area (Å²) in [5, 5.41) is 5.84. The first-order chi connectivity index (χ1) is 10.8. The summed E-state index contributed by atoms with van der Waals surface area (Å²) in [5.74, 6) is 0.754. The number of fused-ring (bicyclic) bond motifs is 1. The Morgan fingerprint density at radius 2 is 2.09 bits per heavy atom. The van der Waals surface area contributed by atoms with E-state index in [0.717, 1.165) is 28.0 Å². The van der Waals surface area contributed by atoms with Crippen LogP contribution in [0.3, 0.4) is 0 Å². The van der Waals surface area contributed by atoms with Crippen LogP contribution < -0.4 is 10.1 Å². The summed E-state index contributed by atoms with van der Waals surface area (Å²) < 4.78 is 5.78. The summed E-state index contributed by atoms with van der Waals surface area (Å²) >= 11 is 1.44. The molecule has 3 aromatic rings. The van der Waals surface area contributed by atoms with Crippen molar-refractivity contribution in [2.75, 3.05) is 13.2 Å². The van der Waals surface area contributed by atoms with Crippen molar-refractivity contribution in [3.05, 3.63) is 58.9 Å². The first-order valence-electron chi connectivity index (χ1n) is 7.13. The summed E-state index contributed by atoms with van der Waals surface area (Å²) in [7, 11) is 0. The van der Waals surface area contributed by atoms with Gasteiger partial charge in [0.1, 0.15) is 11.3 Å². The standard InChI is InChI=1S/C17H16N2O2S/c20-17(15-8-3-12-22-15)19-10-4-11-21-14-7-1-5-13-6-2-9-18-16(13)14/h1-3,5-9,12H,4,10-11H2,(H,19,20). The Morgan fingerprint density at radius 3 is 2.95 bits per heavy atom. The Labute approximate surface area is 132 Å². The third kappa shape index (κ3) is 3.43. The van der Waals surface area contributed by atoms with Gasteiger partial charge in [-0.15, -0.1) is 11.3 Å². The maximum absolute atomic E-state index is 11.8. The van der Waals surface area contributed by atoms with Crippen LogP contribution in [0, 0.1) is 0 Å². The molecular weight excluding hydrogens is 296 g/mol. The molecule has 2 aromatic heterocycles. The molecular formula is C17H16N2O2S. The van der Waals surface area contributed by atoms with Gasteiger partial charge in [-0.2, -0.15) is 0 Å². The summed E-state index contributed by atoms with van der Waals surface area (Å²) in [6.07, 6.45) is 2.51. The highest BCUT2D eigenvalue weighted by atomic mass is 32.1. The highest BCUT2D eigenvalue weighted by Gasteiger charge is 2.05. The van der Waals surface area contributed by atoms with Crippen LogP contribution in [0.4, 0.5) is 0 Å². The van der Waals surface area contributed by atoms with E-state index >= 15 is 0 Å². The number of para-hydroxylation sites is 1. The summed E-state index contributed by atoms with van der Waals surface area (Å²) in [5.41, 5.74) is 0.868. The molecule has 0 fully saturated rings. The van der Waals surface area contributed by atoms with Gasteiger partial charge in [-0.05, 0) is 30.0 Å². The summed E-state index contributed by atoms with van der Waals surface area (Å²) in [4.78, 5) is 16.8. The van der Waals surface area contributed by atoms with Gasteiger partial charge in [-0.3, -0.25) is 9.78 Å². The van der Waals surface area contributed by atoms with Gasteiger partial charge >= 0.3 is 0 Å². The molecule has 4 nitrogen and oxygen atoms in total. The number of rotatable bonds is 6. The number of nitrogens with zero attached hydrogens (tertiary/aromatic N) is 1. The Bertz CT molecular complexity index is 751. The lowest BCUT2D eigenvalue weighted by Gasteiger charge is -2.09. The van der Waals surface area contributed by atoms with Gasteiger partial charge in [-0.25, -0.2) is 0 Å². The van der Waals surface area contributed by atoms with Gasteiger partial charge in [0.15, 0.2) is 0 Å². The second kappa shape index (κ2) is 7.04. The SMILES string of the molecule is O=C(NCCCOc1cccc2cccnc12)c1cccs1. The number of carbonyl (C=O) groups is 1. The Hall–Kier alpha value is -2.40. The van der Waals surface area contributed by atoms with E-state index in [4.69, 9.17) is 4.74 Å². The number of pyridine rings is 1. The zero-order valence-corrected chi connectivity index (χ0v) is 12.8. The van der Waals surface area contributed by atoms with Crippen molar-refractivity contribution in [2.45, 2.75) is 6.42 Å². The molecule has 0 aliphatic carbocycles. The lowest BCUT2D eigenvalue weighted by atomic mass is 10.2. The van der Waals surface area contributed by atoms with E-state index in [1.54, 1.807) is 6.20 Å². The minimum atomic E-state index is -0.0261. The minimum Gasteiger partial charge on any atom is -0.491 e. The van der Waals surface area contributed by atoms with E-state index < -0.39 is 0 Å². The second-order valence-corrected chi connectivity index (χ2v) is 5.71. The molecule has 22 heavy (non-hydrogen) atoms. The molecule has 0 spiro atoms. The normalized spacial score (nSPS) is 10.5. The lowest BCUT2D eigenvalue weighted by Crippen LogP contribution is -2.24. The van der Waals surface area contributed by atoms with Crippen LogP contribution in [0.15, 0.2) is 54.0 Å². The number of ether oxygens (including phenoxy) is 1. The van der Waals surface area contributed by atoms with Gasteiger partial charge in [0.05, 0.1) is 11.5 Å². The highest BCUT2D eigenvalue weighted by Crippen LogP contribution is 2.22. The molecule has 0 radical (unpaired) electrons. The predicted octanol–water partition coefficient (Wildman–Crippen LogP) is 3.50. The fraction of sp³-hybridized carbons (Fsp3) is 0.176. The van der Waals surface area contributed by atoms with Crippen molar-refractivity contribution >= 4 is 28.1 Å². The van der Waals surface area contributed by atoms with Crippen molar-refractivity contribution in [3.8, 4) is 5.75 Å². The van der Waals surface area contributed by atoms with Crippen LogP contribution in [0.25, 0.3) is 10.9 Å². The zero-order valence-electron chi connectivity index (χ0n) is 12.0. The summed E-state index contributed by atoms with van der Waals surface area (Å²) in [6.45, 7) is 1.13. The Morgan fingerprint density at radius 1 is 1.18 bits per heavy atom. The van der Waals surface area contributed by atoms with Crippen molar-refractivity contribution < 1.29 is 9.53 Å². The Balaban J connectivity index is 1.48. The van der Waals surface area contributed by atoms with Crippen LogP contribution in [0.2, 0.25) is 0 Å². The quantitative estimate of drug-likeness (QED) is 0.709. The largest absolute Gasteiger partial charge is 0.491 e. The molecule has 0 bridgehead atoms. The number of thiophene rings is 1. The van der Waals surface area contributed by atoms with Crippen LogP contribution in [0.5, 0.6) is 5.75 Å². The average molecular weight is 312 g/mol. The van der Waals surface area contributed by atoms with Gasteiger partial charge < -0.3 is 10.1 Å². The molecule has 0 saturated heterocycles. The molecule has 112 valence electrons. The van der Waals surface area contributed by atoms with E-state index in [1.165, 1.54) is 11.3 Å². The molecule has 2 heterocycles. The Kier molecular flexibility index (Phi) is 4.65. The van der Waals surface area contributed by atoms with E-state index in [-0.39, 0.29) is 5.91 Å². The summed E-state index contributed by atoms with van der Waals surface area (Å²) in [6, 6.07) is 13.5. The van der Waals surface area contributed by atoms with E-state index in [0.29, 0.717) is 13.2 Å². The number of carbonyl (C=O) groups excluding carboxylic acids is 1. The molecule has 5 heteroatoms. The third-order valence-corrected chi connectivity index (χ3v) is 4.07. The van der Waals surface area contributed by atoms with Crippen molar-refractivity contribution in [1.82, 2.24) is 10.3 Å². The zero-order chi connectivity index (χ0) is 15.2. The van der Waals surface area contributed by atoms with Gasteiger partial charge in [0.2, 0.25) is 0 Å². The maximum atomic E-state index is 11.8. The smallest absolute Gasteiger partial charge is 0.261 e. The van der Waals surface area contributed by atoms with Gasteiger partial charge in [0, 0.05) is 18.1 Å². The molecule has 0 atom stereocenters. The highest BCUT2D eigenvalue weighted by molar-refractivity contribution is 7.12. The van der Waals surface area contributed by atoms with Gasteiger partial charge in [0.25, 0.3) is 5.91 Å². The number of benzene rings is 1. The molecule has 1 amide bonds. The first-order valence-corrected chi connectivity index (χ1v) is 8.01. The molecule has 0 aliphatic rings. The number of nitrogens with one attached hydrogen (secondary N) is 1. The van der Waals surface area contributed by atoms with E-state index in [2.05, 4.69) is 10.3 Å². The fourth-order valence-corrected chi connectivity index (χ4v) is 2.78. The van der Waals surface area contributed by atoms with E-state index in [1.807, 2.05) is 47.8 Å². The fourth-order valence-electron chi connectivity index (χ4n) is 2.14. The van der Waals surface area contributed by atoms with E-state index in [9.17, 15) is 4.79 Å². The molecule has 1 N–H and O–H groups in total. The first kappa shape index (κ1) is 14.5. The molecule has 0 unspecified atom stereocenters. The molecule has 0 aliphatic heterocycles. The van der Waals surface area contributed by atoms with Crippen LogP contribution >= 0.6 is 11.3 Å². The number of hydrogen-bond acceptors (Lipinski definition) is 4. The van der Waals surface area contributed by atoms with Gasteiger partial charge in [-0.1, -0.05) is 24.3 Å².